The lowest BCUT2D eigenvalue weighted by Crippen LogP contribution is -2.40. The fourth-order valence-corrected chi connectivity index (χ4v) is 2.09. The van der Waals surface area contributed by atoms with E-state index in [0.29, 0.717) is 17.2 Å². The standard InChI is InChI=1S/C16H25N5O3/c1-12-5-6-14(24-12)16(2,23)11-17-15(22)19-13-9-18-21(10-13)8-7-20(3)4/h5-6,9-10,23H,7-8,11H2,1-4H3,(H2,17,19,22). The summed E-state index contributed by atoms with van der Waals surface area (Å²) in [5, 5.41) is 19.9. The van der Waals surface area contributed by atoms with E-state index >= 15 is 0 Å². The van der Waals surface area contributed by atoms with E-state index in [1.807, 2.05) is 14.1 Å². The summed E-state index contributed by atoms with van der Waals surface area (Å²) in [6.45, 7) is 5.01. The molecule has 132 valence electrons. The van der Waals surface area contributed by atoms with Crippen LogP contribution in [0.4, 0.5) is 10.5 Å². The molecule has 0 aliphatic rings. The molecule has 0 saturated carbocycles. The Morgan fingerprint density at radius 2 is 2.21 bits per heavy atom. The van der Waals surface area contributed by atoms with Crippen LogP contribution in [-0.2, 0) is 12.1 Å². The van der Waals surface area contributed by atoms with Crippen molar-refractivity contribution in [2.24, 2.45) is 0 Å². The highest BCUT2D eigenvalue weighted by Gasteiger charge is 2.27. The van der Waals surface area contributed by atoms with Gasteiger partial charge < -0.3 is 25.1 Å². The average molecular weight is 335 g/mol. The van der Waals surface area contributed by atoms with Crippen LogP contribution >= 0.6 is 0 Å². The predicted molar refractivity (Wildman–Crippen MR) is 90.8 cm³/mol. The lowest BCUT2D eigenvalue weighted by atomic mass is 10.0. The minimum absolute atomic E-state index is 0.0283. The Kier molecular flexibility index (Phi) is 5.63. The quantitative estimate of drug-likeness (QED) is 0.710. The SMILES string of the molecule is Cc1ccc(C(C)(O)CNC(=O)Nc2cnn(CCN(C)C)c2)o1. The third-order valence-corrected chi connectivity index (χ3v) is 3.53. The van der Waals surface area contributed by atoms with Crippen LogP contribution in [0.15, 0.2) is 28.9 Å². The van der Waals surface area contributed by atoms with Gasteiger partial charge in [-0.05, 0) is 40.1 Å². The van der Waals surface area contributed by atoms with Crippen molar-refractivity contribution in [3.63, 3.8) is 0 Å². The van der Waals surface area contributed by atoms with Crippen LogP contribution in [0.25, 0.3) is 0 Å². The zero-order chi connectivity index (χ0) is 17.7. The van der Waals surface area contributed by atoms with E-state index in [9.17, 15) is 9.90 Å². The summed E-state index contributed by atoms with van der Waals surface area (Å²) in [5.41, 5.74) is -0.679. The first-order chi connectivity index (χ1) is 11.3. The first-order valence-corrected chi connectivity index (χ1v) is 7.77. The molecule has 2 aromatic heterocycles. The number of likely N-dealkylation sites (N-methyl/N-ethyl adjacent to an activating group) is 1. The molecule has 2 heterocycles. The van der Waals surface area contributed by atoms with Crippen LogP contribution in [0.2, 0.25) is 0 Å². The molecule has 2 aromatic rings. The van der Waals surface area contributed by atoms with E-state index < -0.39 is 11.6 Å². The Hall–Kier alpha value is -2.32. The number of hydrogen-bond donors (Lipinski definition) is 3. The Bertz CT molecular complexity index is 675. The van der Waals surface area contributed by atoms with Crippen molar-refractivity contribution in [1.82, 2.24) is 20.0 Å². The molecule has 0 aromatic carbocycles. The topological polar surface area (TPSA) is 95.6 Å². The van der Waals surface area contributed by atoms with E-state index in [4.69, 9.17) is 4.42 Å². The number of rotatable bonds is 7. The second-order valence-corrected chi connectivity index (χ2v) is 6.29. The monoisotopic (exact) mass is 335 g/mol. The molecule has 8 heteroatoms. The molecule has 1 unspecified atom stereocenters. The zero-order valence-electron chi connectivity index (χ0n) is 14.5. The van der Waals surface area contributed by atoms with Crippen LogP contribution in [0.1, 0.15) is 18.4 Å². The molecular weight excluding hydrogens is 310 g/mol. The van der Waals surface area contributed by atoms with Gasteiger partial charge in [0.05, 0.1) is 25.0 Å². The summed E-state index contributed by atoms with van der Waals surface area (Å²) >= 11 is 0. The van der Waals surface area contributed by atoms with Gasteiger partial charge in [-0.25, -0.2) is 4.79 Å². The maximum Gasteiger partial charge on any atom is 0.319 e. The van der Waals surface area contributed by atoms with Crippen LogP contribution in [0.5, 0.6) is 0 Å². The summed E-state index contributed by atoms with van der Waals surface area (Å²) in [7, 11) is 3.98. The van der Waals surface area contributed by atoms with Crippen molar-refractivity contribution < 1.29 is 14.3 Å². The number of carbonyl (C=O) groups excluding carboxylic acids is 1. The molecule has 2 rings (SSSR count). The molecule has 0 fully saturated rings. The minimum atomic E-state index is -1.28. The van der Waals surface area contributed by atoms with Crippen molar-refractivity contribution in [2.45, 2.75) is 26.0 Å². The van der Waals surface area contributed by atoms with Crippen molar-refractivity contribution in [3.8, 4) is 0 Å². The largest absolute Gasteiger partial charge is 0.463 e. The number of aromatic nitrogens is 2. The molecule has 0 radical (unpaired) electrons. The molecule has 2 amide bonds. The van der Waals surface area contributed by atoms with Crippen LogP contribution in [-0.4, -0.2) is 53.0 Å². The fraction of sp³-hybridized carbons (Fsp3) is 0.500. The number of aryl methyl sites for hydroxylation is 1. The summed E-state index contributed by atoms with van der Waals surface area (Å²) in [6.07, 6.45) is 3.35. The lowest BCUT2D eigenvalue weighted by molar-refractivity contribution is 0.0364. The fourth-order valence-electron chi connectivity index (χ4n) is 2.09. The number of urea groups is 1. The van der Waals surface area contributed by atoms with E-state index in [1.165, 1.54) is 0 Å². The highest BCUT2D eigenvalue weighted by molar-refractivity contribution is 5.88. The van der Waals surface area contributed by atoms with Crippen molar-refractivity contribution in [3.05, 3.63) is 36.0 Å². The Morgan fingerprint density at radius 3 is 2.83 bits per heavy atom. The predicted octanol–water partition coefficient (Wildman–Crippen LogP) is 1.38. The van der Waals surface area contributed by atoms with E-state index in [-0.39, 0.29) is 6.54 Å². The van der Waals surface area contributed by atoms with Gasteiger partial charge in [-0.15, -0.1) is 0 Å². The Morgan fingerprint density at radius 1 is 1.46 bits per heavy atom. The van der Waals surface area contributed by atoms with Gasteiger partial charge in [0.1, 0.15) is 17.1 Å². The van der Waals surface area contributed by atoms with Crippen molar-refractivity contribution in [2.75, 3.05) is 32.5 Å². The van der Waals surface area contributed by atoms with E-state index in [2.05, 4.69) is 20.6 Å². The highest BCUT2D eigenvalue weighted by atomic mass is 16.4. The average Bonchev–Trinajstić information content (AvgIpc) is 3.12. The third-order valence-electron chi connectivity index (χ3n) is 3.53. The maximum absolute atomic E-state index is 12.0. The molecule has 0 aliphatic carbocycles. The molecule has 24 heavy (non-hydrogen) atoms. The van der Waals surface area contributed by atoms with Crippen molar-refractivity contribution in [1.29, 1.82) is 0 Å². The number of nitrogens with one attached hydrogen (secondary N) is 2. The molecular formula is C16H25N5O3. The molecule has 8 nitrogen and oxygen atoms in total. The van der Waals surface area contributed by atoms with Crippen LogP contribution in [0, 0.1) is 6.92 Å². The van der Waals surface area contributed by atoms with Crippen molar-refractivity contribution >= 4 is 11.7 Å². The second-order valence-electron chi connectivity index (χ2n) is 6.29. The summed E-state index contributed by atoms with van der Waals surface area (Å²) in [6, 6.07) is 3.06. The highest BCUT2D eigenvalue weighted by Crippen LogP contribution is 2.21. The smallest absolute Gasteiger partial charge is 0.319 e. The second kappa shape index (κ2) is 7.50. The number of hydrogen-bond acceptors (Lipinski definition) is 5. The number of amides is 2. The first kappa shape index (κ1) is 18.0. The summed E-state index contributed by atoms with van der Waals surface area (Å²) in [4.78, 5) is 14.0. The third kappa shape index (κ3) is 5.10. The molecule has 0 aliphatic heterocycles. The molecule has 0 spiro atoms. The lowest BCUT2D eigenvalue weighted by Gasteiger charge is -2.21. The Labute approximate surface area is 141 Å². The Balaban J connectivity index is 1.83. The molecule has 0 bridgehead atoms. The maximum atomic E-state index is 12.0. The van der Waals surface area contributed by atoms with Gasteiger partial charge in [0, 0.05) is 12.7 Å². The van der Waals surface area contributed by atoms with Gasteiger partial charge in [0.25, 0.3) is 0 Å². The van der Waals surface area contributed by atoms with Gasteiger partial charge in [-0.1, -0.05) is 0 Å². The zero-order valence-corrected chi connectivity index (χ0v) is 14.5. The van der Waals surface area contributed by atoms with Gasteiger partial charge in [0.15, 0.2) is 0 Å². The number of carbonyl (C=O) groups is 1. The number of anilines is 1. The number of nitrogens with zero attached hydrogens (tertiary/aromatic N) is 3. The summed E-state index contributed by atoms with van der Waals surface area (Å²) in [5.74, 6) is 1.12. The van der Waals surface area contributed by atoms with E-state index in [0.717, 1.165) is 13.1 Å². The van der Waals surface area contributed by atoms with Crippen LogP contribution in [0.3, 0.4) is 0 Å². The van der Waals surface area contributed by atoms with Crippen LogP contribution < -0.4 is 10.6 Å². The number of aliphatic hydroxyl groups is 1. The summed E-state index contributed by atoms with van der Waals surface area (Å²) < 4.78 is 7.17. The number of furan rings is 1. The molecule has 3 N–H and O–H groups in total. The molecule has 1 atom stereocenters. The van der Waals surface area contributed by atoms with Gasteiger partial charge in [-0.3, -0.25) is 4.68 Å². The minimum Gasteiger partial charge on any atom is -0.463 e. The van der Waals surface area contributed by atoms with Gasteiger partial charge in [0.2, 0.25) is 0 Å². The van der Waals surface area contributed by atoms with E-state index in [1.54, 1.807) is 43.1 Å². The van der Waals surface area contributed by atoms with Gasteiger partial charge in [-0.2, -0.15) is 5.10 Å². The first-order valence-electron chi connectivity index (χ1n) is 7.77. The van der Waals surface area contributed by atoms with Gasteiger partial charge >= 0.3 is 6.03 Å². The normalized spacial score (nSPS) is 13.8. The molecule has 0 saturated heterocycles.